The summed E-state index contributed by atoms with van der Waals surface area (Å²) in [5.41, 5.74) is 1.47. The Morgan fingerprint density at radius 3 is 2.76 bits per heavy atom. The molecule has 0 saturated carbocycles. The number of hydrogen-bond donors (Lipinski definition) is 2. The van der Waals surface area contributed by atoms with E-state index in [0.29, 0.717) is 27.2 Å². The van der Waals surface area contributed by atoms with Gasteiger partial charge in [-0.15, -0.1) is 0 Å². The third-order valence-corrected chi connectivity index (χ3v) is 5.22. The number of halogens is 1. The standard InChI is InChI=1S/C21H16ClN3O3S/c22-17-6-2-1-4-14(17)12-25-20(27)16-8-7-13(10-18(16)24-21(25)29)19(26)23-11-15-5-3-9-28-15/h1-10H,11-12H2,(H,23,26)(H,24,29). The van der Waals surface area contributed by atoms with Crippen LogP contribution < -0.4 is 10.9 Å². The second kappa shape index (κ2) is 8.06. The SMILES string of the molecule is O=C(NCc1ccco1)c1ccc2c(=O)n(Cc3ccccc3Cl)c(=S)[nH]c2c1. The molecule has 4 rings (SSSR count). The molecule has 8 heteroatoms. The van der Waals surface area contributed by atoms with Gasteiger partial charge in [-0.2, -0.15) is 0 Å². The Kier molecular flexibility index (Phi) is 5.33. The molecule has 2 N–H and O–H groups in total. The maximum absolute atomic E-state index is 12.9. The molecule has 0 aliphatic heterocycles. The fraction of sp³-hybridized carbons (Fsp3) is 0.0952. The Hall–Kier alpha value is -3.16. The Morgan fingerprint density at radius 1 is 1.17 bits per heavy atom. The van der Waals surface area contributed by atoms with Gasteiger partial charge < -0.3 is 14.7 Å². The molecule has 146 valence electrons. The van der Waals surface area contributed by atoms with E-state index in [2.05, 4.69) is 10.3 Å². The largest absolute Gasteiger partial charge is 0.467 e. The van der Waals surface area contributed by atoms with E-state index in [1.165, 1.54) is 4.57 Å². The number of carbonyl (C=O) groups is 1. The van der Waals surface area contributed by atoms with Crippen molar-refractivity contribution in [2.24, 2.45) is 0 Å². The van der Waals surface area contributed by atoms with Crippen LogP contribution in [0, 0.1) is 4.77 Å². The molecule has 0 aliphatic rings. The molecule has 0 saturated heterocycles. The van der Waals surface area contributed by atoms with Crippen molar-refractivity contribution >= 4 is 40.6 Å². The van der Waals surface area contributed by atoms with E-state index in [4.69, 9.17) is 28.2 Å². The predicted octanol–water partition coefficient (Wildman–Crippen LogP) is 4.28. The number of H-pyrrole nitrogens is 1. The van der Waals surface area contributed by atoms with Crippen LogP contribution in [0.4, 0.5) is 0 Å². The highest BCUT2D eigenvalue weighted by Gasteiger charge is 2.12. The van der Waals surface area contributed by atoms with Gasteiger partial charge in [0, 0.05) is 10.6 Å². The number of aromatic nitrogens is 2. The minimum Gasteiger partial charge on any atom is -0.467 e. The molecule has 2 aromatic carbocycles. The van der Waals surface area contributed by atoms with Crippen LogP contribution in [0.25, 0.3) is 10.9 Å². The normalized spacial score (nSPS) is 10.9. The number of hydrogen-bond acceptors (Lipinski definition) is 4. The zero-order chi connectivity index (χ0) is 20.4. The van der Waals surface area contributed by atoms with Crippen LogP contribution in [-0.4, -0.2) is 15.5 Å². The van der Waals surface area contributed by atoms with Gasteiger partial charge in [-0.05, 0) is 54.2 Å². The van der Waals surface area contributed by atoms with Crippen LogP contribution in [-0.2, 0) is 13.1 Å². The van der Waals surface area contributed by atoms with Crippen LogP contribution in [0.2, 0.25) is 5.02 Å². The number of aromatic amines is 1. The second-order valence-electron chi connectivity index (χ2n) is 6.44. The zero-order valence-electron chi connectivity index (χ0n) is 15.1. The van der Waals surface area contributed by atoms with E-state index >= 15 is 0 Å². The van der Waals surface area contributed by atoms with E-state index in [9.17, 15) is 9.59 Å². The van der Waals surface area contributed by atoms with Crippen LogP contribution >= 0.6 is 23.8 Å². The lowest BCUT2D eigenvalue weighted by Gasteiger charge is -2.10. The summed E-state index contributed by atoms with van der Waals surface area (Å²) < 4.78 is 6.92. The molecule has 2 heterocycles. The Labute approximate surface area is 175 Å². The first-order chi connectivity index (χ1) is 14.0. The number of benzene rings is 2. The highest BCUT2D eigenvalue weighted by molar-refractivity contribution is 7.71. The highest BCUT2D eigenvalue weighted by Crippen LogP contribution is 2.17. The van der Waals surface area contributed by atoms with Gasteiger partial charge in [0.1, 0.15) is 5.76 Å². The fourth-order valence-electron chi connectivity index (χ4n) is 3.02. The summed E-state index contributed by atoms with van der Waals surface area (Å²) in [5, 5.41) is 3.78. The van der Waals surface area contributed by atoms with Crippen molar-refractivity contribution in [2.45, 2.75) is 13.1 Å². The van der Waals surface area contributed by atoms with Crippen molar-refractivity contribution in [3.8, 4) is 0 Å². The minimum absolute atomic E-state index is 0.244. The lowest BCUT2D eigenvalue weighted by molar-refractivity contribution is 0.0948. The van der Waals surface area contributed by atoms with Gasteiger partial charge in [-0.1, -0.05) is 29.8 Å². The quantitative estimate of drug-likeness (QED) is 0.467. The van der Waals surface area contributed by atoms with Crippen molar-refractivity contribution in [2.75, 3.05) is 0 Å². The summed E-state index contributed by atoms with van der Waals surface area (Å²) in [6.07, 6.45) is 1.55. The summed E-state index contributed by atoms with van der Waals surface area (Å²) >= 11 is 11.6. The fourth-order valence-corrected chi connectivity index (χ4v) is 3.47. The number of rotatable bonds is 5. The molecule has 0 radical (unpaired) electrons. The van der Waals surface area contributed by atoms with E-state index in [-0.39, 0.29) is 29.3 Å². The summed E-state index contributed by atoms with van der Waals surface area (Å²) in [4.78, 5) is 28.4. The summed E-state index contributed by atoms with van der Waals surface area (Å²) in [6.45, 7) is 0.536. The molecule has 0 spiro atoms. The maximum atomic E-state index is 12.9. The number of amides is 1. The van der Waals surface area contributed by atoms with Crippen molar-refractivity contribution in [3.05, 3.63) is 97.9 Å². The Morgan fingerprint density at radius 2 is 2.00 bits per heavy atom. The molecular weight excluding hydrogens is 410 g/mol. The molecule has 1 amide bonds. The summed E-state index contributed by atoms with van der Waals surface area (Å²) in [5.74, 6) is 0.379. The smallest absolute Gasteiger partial charge is 0.262 e. The van der Waals surface area contributed by atoms with Crippen LogP contribution in [0.1, 0.15) is 21.7 Å². The Balaban J connectivity index is 1.65. The number of nitrogens with zero attached hydrogens (tertiary/aromatic N) is 1. The monoisotopic (exact) mass is 425 g/mol. The van der Waals surface area contributed by atoms with Crippen molar-refractivity contribution in [1.82, 2.24) is 14.9 Å². The topological polar surface area (TPSA) is 80.0 Å². The highest BCUT2D eigenvalue weighted by atomic mass is 35.5. The van der Waals surface area contributed by atoms with Crippen molar-refractivity contribution in [1.29, 1.82) is 0 Å². The van der Waals surface area contributed by atoms with Gasteiger partial charge in [-0.3, -0.25) is 14.2 Å². The summed E-state index contributed by atoms with van der Waals surface area (Å²) in [6, 6.07) is 15.7. The second-order valence-corrected chi connectivity index (χ2v) is 7.23. The number of carbonyl (C=O) groups excluding carboxylic acids is 1. The first kappa shape index (κ1) is 19.2. The van der Waals surface area contributed by atoms with E-state index in [1.807, 2.05) is 18.2 Å². The number of nitrogens with one attached hydrogen (secondary N) is 2. The molecule has 0 fully saturated rings. The van der Waals surface area contributed by atoms with Crippen molar-refractivity contribution in [3.63, 3.8) is 0 Å². The van der Waals surface area contributed by atoms with Crippen LogP contribution in [0.5, 0.6) is 0 Å². The predicted molar refractivity (Wildman–Crippen MR) is 114 cm³/mol. The first-order valence-corrected chi connectivity index (χ1v) is 9.62. The van der Waals surface area contributed by atoms with Gasteiger partial charge in [0.25, 0.3) is 11.5 Å². The molecule has 29 heavy (non-hydrogen) atoms. The van der Waals surface area contributed by atoms with Crippen LogP contribution in [0.15, 0.2) is 70.1 Å². The van der Waals surface area contributed by atoms with Gasteiger partial charge in [-0.25, -0.2) is 0 Å². The zero-order valence-corrected chi connectivity index (χ0v) is 16.7. The van der Waals surface area contributed by atoms with Crippen molar-refractivity contribution < 1.29 is 9.21 Å². The number of furan rings is 1. The lowest BCUT2D eigenvalue weighted by atomic mass is 10.1. The minimum atomic E-state index is -0.275. The van der Waals surface area contributed by atoms with E-state index < -0.39 is 0 Å². The van der Waals surface area contributed by atoms with Gasteiger partial charge in [0.2, 0.25) is 0 Å². The van der Waals surface area contributed by atoms with Gasteiger partial charge in [0.05, 0.1) is 30.3 Å². The van der Waals surface area contributed by atoms with E-state index in [1.54, 1.807) is 42.7 Å². The lowest BCUT2D eigenvalue weighted by Crippen LogP contribution is -2.24. The van der Waals surface area contributed by atoms with Gasteiger partial charge in [0.15, 0.2) is 4.77 Å². The maximum Gasteiger partial charge on any atom is 0.262 e. The molecule has 0 atom stereocenters. The summed E-state index contributed by atoms with van der Waals surface area (Å²) in [7, 11) is 0. The molecule has 4 aromatic rings. The first-order valence-electron chi connectivity index (χ1n) is 8.84. The number of fused-ring (bicyclic) bond motifs is 1. The molecule has 2 aromatic heterocycles. The molecular formula is C21H16ClN3O3S. The molecule has 0 unspecified atom stereocenters. The average molecular weight is 426 g/mol. The third-order valence-electron chi connectivity index (χ3n) is 4.53. The molecule has 0 bridgehead atoms. The molecule has 0 aliphatic carbocycles. The van der Waals surface area contributed by atoms with Gasteiger partial charge >= 0.3 is 0 Å². The Bertz CT molecular complexity index is 1310. The average Bonchev–Trinajstić information content (AvgIpc) is 3.24. The molecule has 6 nitrogen and oxygen atoms in total. The van der Waals surface area contributed by atoms with E-state index in [0.717, 1.165) is 5.56 Å². The third kappa shape index (κ3) is 4.01. The van der Waals surface area contributed by atoms with Crippen LogP contribution in [0.3, 0.4) is 0 Å².